The number of carbonyl (C=O) groups excluding carboxylic acids is 1. The minimum atomic E-state index is -4.69. The maximum Gasteiger partial charge on any atom is 0.409 e. The predicted octanol–water partition coefficient (Wildman–Crippen LogP) is 3.72. The Balaban J connectivity index is 2.19. The average molecular weight is 367 g/mol. The molecule has 26 heavy (non-hydrogen) atoms. The Labute approximate surface area is 146 Å². The first-order valence-electron chi connectivity index (χ1n) is 7.83. The van der Waals surface area contributed by atoms with Crippen LogP contribution >= 0.6 is 0 Å². The summed E-state index contributed by atoms with van der Waals surface area (Å²) in [5, 5.41) is 12.3. The fraction of sp³-hybridized carbons (Fsp3) is 0.353. The Hall–Kier alpha value is -2.68. The summed E-state index contributed by atoms with van der Waals surface area (Å²) in [7, 11) is 0. The Morgan fingerprint density at radius 2 is 1.81 bits per heavy atom. The van der Waals surface area contributed by atoms with Crippen molar-refractivity contribution in [2.45, 2.75) is 26.1 Å². The van der Waals surface area contributed by atoms with Crippen molar-refractivity contribution in [3.8, 4) is 0 Å². The van der Waals surface area contributed by atoms with Crippen LogP contribution in [0.5, 0.6) is 0 Å². The zero-order valence-corrected chi connectivity index (χ0v) is 14.0. The smallest absolute Gasteiger partial charge is 0.287 e. The Morgan fingerprint density at radius 3 is 2.35 bits per heavy atom. The lowest BCUT2D eigenvalue weighted by molar-refractivity contribution is -0.383. The third-order valence-electron chi connectivity index (χ3n) is 4.47. The van der Waals surface area contributed by atoms with E-state index in [0.29, 0.717) is 0 Å². The van der Waals surface area contributed by atoms with Gasteiger partial charge in [-0.2, -0.15) is 13.2 Å². The zero-order valence-electron chi connectivity index (χ0n) is 14.0. The van der Waals surface area contributed by atoms with Crippen molar-refractivity contribution in [1.82, 2.24) is 10.4 Å². The number of halogens is 3. The van der Waals surface area contributed by atoms with Crippen LogP contribution in [-0.4, -0.2) is 28.6 Å². The van der Waals surface area contributed by atoms with Crippen LogP contribution in [0.3, 0.4) is 0 Å². The number of nitro groups is 1. The van der Waals surface area contributed by atoms with Crippen molar-refractivity contribution in [3.63, 3.8) is 0 Å². The molecule has 2 aromatic carbocycles. The molecule has 6 nitrogen and oxygen atoms in total. The number of non-ortho nitro benzene ring substituents is 1. The van der Waals surface area contributed by atoms with Gasteiger partial charge in [0, 0.05) is 12.6 Å². The largest absolute Gasteiger partial charge is 0.409 e. The molecule has 0 saturated carbocycles. The summed E-state index contributed by atoms with van der Waals surface area (Å²) in [5.74, 6) is -0.502. The lowest BCUT2D eigenvalue weighted by atomic mass is 9.93. The van der Waals surface area contributed by atoms with Gasteiger partial charge in [0.1, 0.15) is 0 Å². The average Bonchev–Trinajstić information content (AvgIpc) is 2.78. The van der Waals surface area contributed by atoms with E-state index in [0.717, 1.165) is 5.01 Å². The van der Waals surface area contributed by atoms with Crippen molar-refractivity contribution >= 4 is 22.4 Å². The van der Waals surface area contributed by atoms with Crippen LogP contribution in [0.4, 0.5) is 18.9 Å². The van der Waals surface area contributed by atoms with E-state index >= 15 is 0 Å². The molecule has 1 fully saturated rings. The number of nitrogens with one attached hydrogen (secondary N) is 1. The highest BCUT2D eigenvalue weighted by Crippen LogP contribution is 2.43. The lowest BCUT2D eigenvalue weighted by Crippen LogP contribution is -2.43. The number of nitrogens with zero attached hydrogens (tertiary/aromatic N) is 2. The van der Waals surface area contributed by atoms with Crippen LogP contribution in [-0.2, 0) is 4.79 Å². The molecule has 1 N–H and O–H groups in total. The van der Waals surface area contributed by atoms with Crippen LogP contribution in [0.1, 0.15) is 25.5 Å². The third kappa shape index (κ3) is 2.98. The molecular weight excluding hydrogens is 351 g/mol. The fourth-order valence-electron chi connectivity index (χ4n) is 3.21. The Kier molecular flexibility index (Phi) is 4.14. The van der Waals surface area contributed by atoms with Gasteiger partial charge < -0.3 is 0 Å². The van der Waals surface area contributed by atoms with Gasteiger partial charge >= 0.3 is 6.18 Å². The first-order chi connectivity index (χ1) is 12.0. The number of hydrazine groups is 1. The van der Waals surface area contributed by atoms with E-state index in [2.05, 4.69) is 5.43 Å². The highest BCUT2D eigenvalue weighted by Gasteiger charge is 2.51. The van der Waals surface area contributed by atoms with Crippen molar-refractivity contribution in [3.05, 3.63) is 52.1 Å². The van der Waals surface area contributed by atoms with Crippen molar-refractivity contribution in [2.24, 2.45) is 5.41 Å². The minimum Gasteiger partial charge on any atom is -0.287 e. The van der Waals surface area contributed by atoms with E-state index < -0.39 is 28.5 Å². The molecule has 0 bridgehead atoms. The van der Waals surface area contributed by atoms with Gasteiger partial charge in [-0.1, -0.05) is 24.3 Å². The monoisotopic (exact) mass is 367 g/mol. The molecule has 9 heteroatoms. The molecule has 1 amide bonds. The van der Waals surface area contributed by atoms with E-state index in [1.54, 1.807) is 13.8 Å². The van der Waals surface area contributed by atoms with E-state index in [1.807, 2.05) is 0 Å². The highest BCUT2D eigenvalue weighted by molar-refractivity contribution is 5.93. The van der Waals surface area contributed by atoms with Crippen LogP contribution < -0.4 is 5.43 Å². The van der Waals surface area contributed by atoms with Gasteiger partial charge in [0.2, 0.25) is 5.91 Å². The second-order valence-corrected chi connectivity index (χ2v) is 6.87. The topological polar surface area (TPSA) is 75.5 Å². The number of benzene rings is 2. The molecule has 0 radical (unpaired) electrons. The molecule has 3 rings (SSSR count). The fourth-order valence-corrected chi connectivity index (χ4v) is 3.21. The molecule has 1 saturated heterocycles. The molecule has 0 aliphatic carbocycles. The molecule has 1 aliphatic heterocycles. The van der Waals surface area contributed by atoms with E-state index in [9.17, 15) is 28.1 Å². The third-order valence-corrected chi connectivity index (χ3v) is 4.47. The molecule has 2 aromatic rings. The van der Waals surface area contributed by atoms with Gasteiger partial charge in [0.15, 0.2) is 6.04 Å². The SMILES string of the molecule is CC1(C)CN(C(c2cccc3c([N+](=O)[O-])cccc23)C(F)(F)F)NC1=O. The number of hydrogen-bond donors (Lipinski definition) is 1. The van der Waals surface area contributed by atoms with Crippen molar-refractivity contribution in [1.29, 1.82) is 0 Å². The summed E-state index contributed by atoms with van der Waals surface area (Å²) in [6, 6.07) is 5.95. The van der Waals surface area contributed by atoms with Crippen molar-refractivity contribution in [2.75, 3.05) is 6.54 Å². The zero-order chi connectivity index (χ0) is 19.3. The molecule has 0 spiro atoms. The number of amides is 1. The second-order valence-electron chi connectivity index (χ2n) is 6.87. The van der Waals surface area contributed by atoms with Crippen molar-refractivity contribution < 1.29 is 22.9 Å². The number of fused-ring (bicyclic) bond motifs is 1. The van der Waals surface area contributed by atoms with Gasteiger partial charge in [0.25, 0.3) is 5.69 Å². The second kappa shape index (κ2) is 5.94. The first-order valence-corrected chi connectivity index (χ1v) is 7.83. The summed E-state index contributed by atoms with van der Waals surface area (Å²) < 4.78 is 41.7. The first kappa shape index (κ1) is 18.1. The number of carbonyl (C=O) groups is 1. The molecule has 1 aliphatic rings. The number of alkyl halides is 3. The molecule has 1 atom stereocenters. The van der Waals surface area contributed by atoms with Gasteiger partial charge in [0.05, 0.1) is 15.7 Å². The quantitative estimate of drug-likeness (QED) is 0.663. The number of hydrogen-bond acceptors (Lipinski definition) is 4. The highest BCUT2D eigenvalue weighted by atomic mass is 19.4. The predicted molar refractivity (Wildman–Crippen MR) is 88.0 cm³/mol. The Bertz CT molecular complexity index is 896. The van der Waals surface area contributed by atoms with Gasteiger partial charge in [-0.3, -0.25) is 20.3 Å². The summed E-state index contributed by atoms with van der Waals surface area (Å²) in [5.41, 5.74) is 0.910. The minimum absolute atomic E-state index is 0.119. The van der Waals surface area contributed by atoms with Crippen LogP contribution in [0.25, 0.3) is 10.8 Å². The van der Waals surface area contributed by atoms with Crippen LogP contribution in [0, 0.1) is 15.5 Å². The maximum absolute atomic E-state index is 13.9. The summed E-state index contributed by atoms with van der Waals surface area (Å²) in [6.45, 7) is 2.98. The molecule has 1 unspecified atom stereocenters. The molecule has 138 valence electrons. The van der Waals surface area contributed by atoms with Gasteiger partial charge in [-0.15, -0.1) is 0 Å². The standard InChI is InChI=1S/C17H16F3N3O3/c1-16(2)9-22(21-15(16)24)14(17(18,19)20)12-7-3-6-11-10(12)5-4-8-13(11)23(25)26/h3-8,14H,9H2,1-2H3,(H,21,24). The molecular formula is C17H16F3N3O3. The van der Waals surface area contributed by atoms with E-state index in [-0.39, 0.29) is 28.6 Å². The van der Waals surface area contributed by atoms with E-state index in [1.165, 1.54) is 36.4 Å². The number of rotatable bonds is 3. The number of nitro benzene ring substituents is 1. The van der Waals surface area contributed by atoms with Gasteiger partial charge in [-0.05, 0) is 30.9 Å². The Morgan fingerprint density at radius 1 is 1.19 bits per heavy atom. The maximum atomic E-state index is 13.9. The molecule has 1 heterocycles. The molecule has 0 aromatic heterocycles. The lowest BCUT2D eigenvalue weighted by Gasteiger charge is -2.30. The normalized spacial score (nSPS) is 18.7. The summed E-state index contributed by atoms with van der Waals surface area (Å²) >= 11 is 0. The van der Waals surface area contributed by atoms with Crippen LogP contribution in [0.2, 0.25) is 0 Å². The summed E-state index contributed by atoms with van der Waals surface area (Å²) in [6.07, 6.45) is -4.69. The van der Waals surface area contributed by atoms with Crippen LogP contribution in [0.15, 0.2) is 36.4 Å². The van der Waals surface area contributed by atoms with Gasteiger partial charge in [-0.25, -0.2) is 5.01 Å². The summed E-state index contributed by atoms with van der Waals surface area (Å²) in [4.78, 5) is 22.5. The van der Waals surface area contributed by atoms with E-state index in [4.69, 9.17) is 0 Å².